The standard InChI is InChI=1S/C15H17BrN2O3.ClH/c16-12-5-9(6-13-14(12)21-8-20-13)15(19)18-4-3-10-1-2-11(7-18)17-10;/h5-6,10-11,17H,1-4,7-8H2;1H. The van der Waals surface area contributed by atoms with E-state index in [1.54, 1.807) is 6.07 Å². The number of ether oxygens (including phenoxy) is 2. The quantitative estimate of drug-likeness (QED) is 0.802. The third kappa shape index (κ3) is 2.79. The lowest BCUT2D eigenvalue weighted by Gasteiger charge is -2.24. The number of rotatable bonds is 1. The van der Waals surface area contributed by atoms with Crippen LogP contribution in [0.5, 0.6) is 11.5 Å². The van der Waals surface area contributed by atoms with Crippen molar-refractivity contribution in [3.63, 3.8) is 0 Å². The van der Waals surface area contributed by atoms with Gasteiger partial charge in [-0.25, -0.2) is 0 Å². The fourth-order valence-electron chi connectivity index (χ4n) is 3.40. The highest BCUT2D eigenvalue weighted by atomic mass is 79.9. The summed E-state index contributed by atoms with van der Waals surface area (Å²) in [7, 11) is 0. The van der Waals surface area contributed by atoms with Crippen molar-refractivity contribution in [3.05, 3.63) is 22.2 Å². The van der Waals surface area contributed by atoms with Gasteiger partial charge in [0.25, 0.3) is 5.91 Å². The first-order valence-corrected chi connectivity index (χ1v) is 8.14. The average Bonchev–Trinajstić information content (AvgIpc) is 3.05. The van der Waals surface area contributed by atoms with Gasteiger partial charge < -0.3 is 19.7 Å². The smallest absolute Gasteiger partial charge is 0.254 e. The maximum Gasteiger partial charge on any atom is 0.254 e. The van der Waals surface area contributed by atoms with Gasteiger partial charge in [-0.2, -0.15) is 0 Å². The molecule has 2 saturated heterocycles. The van der Waals surface area contributed by atoms with Gasteiger partial charge in [-0.1, -0.05) is 0 Å². The zero-order valence-electron chi connectivity index (χ0n) is 12.0. The van der Waals surface area contributed by atoms with E-state index in [9.17, 15) is 4.79 Å². The lowest BCUT2D eigenvalue weighted by Crippen LogP contribution is -2.39. The highest BCUT2D eigenvalue weighted by Gasteiger charge is 2.32. The van der Waals surface area contributed by atoms with Crippen molar-refractivity contribution >= 4 is 34.2 Å². The van der Waals surface area contributed by atoms with Crippen molar-refractivity contribution in [2.75, 3.05) is 19.9 Å². The van der Waals surface area contributed by atoms with E-state index in [1.165, 1.54) is 12.8 Å². The molecule has 0 aliphatic carbocycles. The van der Waals surface area contributed by atoms with Crippen molar-refractivity contribution in [2.24, 2.45) is 0 Å². The van der Waals surface area contributed by atoms with Crippen LogP contribution < -0.4 is 14.8 Å². The molecular formula is C15H18BrClN2O3. The number of halogens is 2. The SMILES string of the molecule is Cl.O=C(c1cc(Br)c2c(c1)OCO2)N1CCC2CCC(C1)N2. The number of fused-ring (bicyclic) bond motifs is 3. The number of benzene rings is 1. The van der Waals surface area contributed by atoms with Crippen LogP contribution in [0.2, 0.25) is 0 Å². The second kappa shape index (κ2) is 6.26. The molecule has 3 aliphatic rings. The van der Waals surface area contributed by atoms with E-state index in [-0.39, 0.29) is 25.1 Å². The molecule has 2 fully saturated rings. The number of nitrogens with one attached hydrogen (secondary N) is 1. The molecule has 1 N–H and O–H groups in total. The molecule has 2 bridgehead atoms. The molecule has 3 aliphatic heterocycles. The van der Waals surface area contributed by atoms with E-state index in [2.05, 4.69) is 21.2 Å². The lowest BCUT2D eigenvalue weighted by atomic mass is 10.1. The van der Waals surface area contributed by atoms with Crippen LogP contribution in [0.4, 0.5) is 0 Å². The van der Waals surface area contributed by atoms with Crippen LogP contribution in [-0.2, 0) is 0 Å². The number of nitrogens with zero attached hydrogens (tertiary/aromatic N) is 1. The monoisotopic (exact) mass is 388 g/mol. The first kappa shape index (κ1) is 15.9. The Morgan fingerprint density at radius 1 is 1.23 bits per heavy atom. The first-order valence-electron chi connectivity index (χ1n) is 7.35. The summed E-state index contributed by atoms with van der Waals surface area (Å²) in [6.45, 7) is 1.82. The minimum Gasteiger partial charge on any atom is -0.454 e. The molecule has 1 aromatic carbocycles. The molecule has 0 saturated carbocycles. The van der Waals surface area contributed by atoms with Crippen LogP contribution >= 0.6 is 28.3 Å². The van der Waals surface area contributed by atoms with Crippen molar-refractivity contribution in [2.45, 2.75) is 31.3 Å². The lowest BCUT2D eigenvalue weighted by molar-refractivity contribution is 0.0747. The molecule has 3 heterocycles. The van der Waals surface area contributed by atoms with Gasteiger partial charge in [0, 0.05) is 30.7 Å². The Kier molecular flexibility index (Phi) is 4.52. The summed E-state index contributed by atoms with van der Waals surface area (Å²) in [5, 5.41) is 3.59. The Morgan fingerprint density at radius 2 is 2.05 bits per heavy atom. The number of amides is 1. The normalized spacial score (nSPS) is 25.6. The Bertz CT molecular complexity index is 598. The van der Waals surface area contributed by atoms with E-state index in [0.29, 0.717) is 29.1 Å². The highest BCUT2D eigenvalue weighted by Crippen LogP contribution is 2.40. The zero-order chi connectivity index (χ0) is 14.4. The van der Waals surface area contributed by atoms with Crippen molar-refractivity contribution in [1.29, 1.82) is 0 Å². The van der Waals surface area contributed by atoms with Crippen molar-refractivity contribution in [3.8, 4) is 11.5 Å². The molecule has 1 aromatic rings. The first-order chi connectivity index (χ1) is 10.2. The van der Waals surface area contributed by atoms with E-state index in [1.807, 2.05) is 11.0 Å². The van der Waals surface area contributed by atoms with Crippen LogP contribution in [0.25, 0.3) is 0 Å². The molecule has 1 amide bonds. The fourth-order valence-corrected chi connectivity index (χ4v) is 3.96. The summed E-state index contributed by atoms with van der Waals surface area (Å²) >= 11 is 3.45. The number of carbonyl (C=O) groups is 1. The van der Waals surface area contributed by atoms with Gasteiger partial charge in [0.15, 0.2) is 11.5 Å². The van der Waals surface area contributed by atoms with Gasteiger partial charge >= 0.3 is 0 Å². The largest absolute Gasteiger partial charge is 0.454 e. The van der Waals surface area contributed by atoms with Gasteiger partial charge in [-0.15, -0.1) is 12.4 Å². The second-order valence-corrected chi connectivity index (χ2v) is 6.72. The average molecular weight is 390 g/mol. The molecule has 120 valence electrons. The van der Waals surface area contributed by atoms with Gasteiger partial charge in [0.05, 0.1) is 4.47 Å². The summed E-state index contributed by atoms with van der Waals surface area (Å²) in [6, 6.07) is 4.63. The maximum atomic E-state index is 12.8. The molecule has 0 radical (unpaired) electrons. The van der Waals surface area contributed by atoms with Crippen molar-refractivity contribution in [1.82, 2.24) is 10.2 Å². The number of likely N-dealkylation sites (tertiary alicyclic amines) is 1. The molecule has 7 heteroatoms. The minimum absolute atomic E-state index is 0. The highest BCUT2D eigenvalue weighted by molar-refractivity contribution is 9.10. The topological polar surface area (TPSA) is 50.8 Å². The summed E-state index contributed by atoms with van der Waals surface area (Å²) in [4.78, 5) is 14.7. The minimum atomic E-state index is 0. The maximum absolute atomic E-state index is 12.8. The van der Waals surface area contributed by atoms with E-state index >= 15 is 0 Å². The Balaban J connectivity index is 0.00000144. The van der Waals surface area contributed by atoms with Crippen LogP contribution in [0.15, 0.2) is 16.6 Å². The van der Waals surface area contributed by atoms with Crippen LogP contribution in [0, 0.1) is 0 Å². The zero-order valence-corrected chi connectivity index (χ0v) is 14.4. The summed E-state index contributed by atoms with van der Waals surface area (Å²) < 4.78 is 11.5. The van der Waals surface area contributed by atoms with Gasteiger partial charge in [-0.05, 0) is 47.3 Å². The molecule has 0 aromatic heterocycles. The van der Waals surface area contributed by atoms with Crippen LogP contribution in [0.3, 0.4) is 0 Å². The molecule has 2 unspecified atom stereocenters. The van der Waals surface area contributed by atoms with Gasteiger partial charge in [0.2, 0.25) is 6.79 Å². The Labute approximate surface area is 143 Å². The fraction of sp³-hybridized carbons (Fsp3) is 0.533. The third-order valence-corrected chi connectivity index (χ3v) is 5.07. The molecule has 2 atom stereocenters. The Hall–Kier alpha value is -0.980. The summed E-state index contributed by atoms with van der Waals surface area (Å²) in [5.74, 6) is 1.40. The number of carbonyl (C=O) groups excluding carboxylic acids is 1. The molecule has 22 heavy (non-hydrogen) atoms. The third-order valence-electron chi connectivity index (χ3n) is 4.48. The van der Waals surface area contributed by atoms with E-state index < -0.39 is 0 Å². The van der Waals surface area contributed by atoms with Crippen LogP contribution in [0.1, 0.15) is 29.6 Å². The Morgan fingerprint density at radius 3 is 2.91 bits per heavy atom. The van der Waals surface area contributed by atoms with Crippen molar-refractivity contribution < 1.29 is 14.3 Å². The molecule has 5 nitrogen and oxygen atoms in total. The second-order valence-electron chi connectivity index (χ2n) is 5.87. The van der Waals surface area contributed by atoms with Crippen LogP contribution in [-0.4, -0.2) is 42.8 Å². The molecule has 4 rings (SSSR count). The van der Waals surface area contributed by atoms with Gasteiger partial charge in [0.1, 0.15) is 0 Å². The summed E-state index contributed by atoms with van der Waals surface area (Å²) in [6.07, 6.45) is 3.44. The summed E-state index contributed by atoms with van der Waals surface area (Å²) in [5.41, 5.74) is 0.656. The predicted molar refractivity (Wildman–Crippen MR) is 88.0 cm³/mol. The predicted octanol–water partition coefficient (Wildman–Crippen LogP) is 2.57. The van der Waals surface area contributed by atoms with Gasteiger partial charge in [-0.3, -0.25) is 4.79 Å². The van der Waals surface area contributed by atoms with E-state index in [4.69, 9.17) is 9.47 Å². The molecule has 0 spiro atoms. The van der Waals surface area contributed by atoms with E-state index in [0.717, 1.165) is 24.0 Å². The molecular weight excluding hydrogens is 372 g/mol. The number of hydrogen-bond donors (Lipinski definition) is 1. The number of hydrogen-bond acceptors (Lipinski definition) is 4.